The molecule has 1 aliphatic rings. The van der Waals surface area contributed by atoms with Crippen LogP contribution in [-0.2, 0) is 0 Å². The lowest BCUT2D eigenvalue weighted by molar-refractivity contribution is 0.0917. The van der Waals surface area contributed by atoms with Crippen LogP contribution in [-0.4, -0.2) is 35.2 Å². The Labute approximate surface area is 87.4 Å². The number of nitrogens with zero attached hydrogens (tertiary/aromatic N) is 2. The monoisotopic (exact) mass is 210 g/mol. The largest absolute Gasteiger partial charge is 0.345 e. The molecule has 1 fully saturated rings. The van der Waals surface area contributed by atoms with Crippen molar-refractivity contribution in [1.29, 1.82) is 0 Å². The average molecular weight is 210 g/mol. The lowest BCUT2D eigenvalue weighted by Crippen LogP contribution is -2.45. The van der Waals surface area contributed by atoms with Crippen LogP contribution >= 0.6 is 0 Å². The first-order valence-electron chi connectivity index (χ1n) is 5.07. The van der Waals surface area contributed by atoms with Gasteiger partial charge >= 0.3 is 0 Å². The Hall–Kier alpha value is -1.43. The second-order valence-electron chi connectivity index (χ2n) is 3.65. The molecule has 1 aromatic rings. The SMILES string of the molecule is Cc1nc(C(=O)NC2CCCNC2)no1. The zero-order chi connectivity index (χ0) is 10.7. The van der Waals surface area contributed by atoms with Crippen molar-refractivity contribution in [3.8, 4) is 0 Å². The molecule has 0 aromatic carbocycles. The number of carbonyl (C=O) groups is 1. The van der Waals surface area contributed by atoms with Gasteiger partial charge in [0.25, 0.3) is 11.7 Å². The highest BCUT2D eigenvalue weighted by atomic mass is 16.5. The highest BCUT2D eigenvalue weighted by Crippen LogP contribution is 2.02. The van der Waals surface area contributed by atoms with E-state index in [0.29, 0.717) is 5.89 Å². The Bertz CT molecular complexity index is 344. The second kappa shape index (κ2) is 4.39. The van der Waals surface area contributed by atoms with Crippen molar-refractivity contribution in [2.75, 3.05) is 13.1 Å². The fourth-order valence-electron chi connectivity index (χ4n) is 1.62. The van der Waals surface area contributed by atoms with E-state index in [1.54, 1.807) is 6.92 Å². The van der Waals surface area contributed by atoms with Crippen LogP contribution in [0.3, 0.4) is 0 Å². The van der Waals surface area contributed by atoms with Crippen LogP contribution in [0.5, 0.6) is 0 Å². The van der Waals surface area contributed by atoms with Gasteiger partial charge < -0.3 is 15.2 Å². The minimum Gasteiger partial charge on any atom is -0.345 e. The summed E-state index contributed by atoms with van der Waals surface area (Å²) in [5.41, 5.74) is 0. The maximum absolute atomic E-state index is 11.6. The molecule has 15 heavy (non-hydrogen) atoms. The van der Waals surface area contributed by atoms with Crippen molar-refractivity contribution < 1.29 is 9.32 Å². The fourth-order valence-corrected chi connectivity index (χ4v) is 1.62. The first-order chi connectivity index (χ1) is 7.25. The van der Waals surface area contributed by atoms with Gasteiger partial charge in [0.05, 0.1) is 0 Å². The average Bonchev–Trinajstić information content (AvgIpc) is 2.66. The van der Waals surface area contributed by atoms with Crippen LogP contribution in [0, 0.1) is 6.92 Å². The van der Waals surface area contributed by atoms with Gasteiger partial charge in [0, 0.05) is 19.5 Å². The number of piperidine rings is 1. The molecular weight excluding hydrogens is 196 g/mol. The van der Waals surface area contributed by atoms with Gasteiger partial charge in [-0.2, -0.15) is 4.98 Å². The van der Waals surface area contributed by atoms with Crippen LogP contribution in [0.25, 0.3) is 0 Å². The zero-order valence-corrected chi connectivity index (χ0v) is 8.62. The molecule has 0 bridgehead atoms. The summed E-state index contributed by atoms with van der Waals surface area (Å²) >= 11 is 0. The number of aryl methyl sites for hydroxylation is 1. The third-order valence-electron chi connectivity index (χ3n) is 2.36. The minimum absolute atomic E-state index is 0.109. The molecule has 2 heterocycles. The molecule has 1 aliphatic heterocycles. The normalized spacial score (nSPS) is 21.3. The summed E-state index contributed by atoms with van der Waals surface area (Å²) in [6.45, 7) is 3.49. The van der Waals surface area contributed by atoms with E-state index in [2.05, 4.69) is 20.8 Å². The molecule has 2 N–H and O–H groups in total. The fraction of sp³-hybridized carbons (Fsp3) is 0.667. The van der Waals surface area contributed by atoms with Gasteiger partial charge in [-0.3, -0.25) is 4.79 Å². The van der Waals surface area contributed by atoms with Gasteiger partial charge in [0.2, 0.25) is 5.89 Å². The Balaban J connectivity index is 1.91. The lowest BCUT2D eigenvalue weighted by atomic mass is 10.1. The van der Waals surface area contributed by atoms with E-state index in [1.165, 1.54) is 0 Å². The van der Waals surface area contributed by atoms with Crippen LogP contribution in [0.1, 0.15) is 29.4 Å². The third-order valence-corrected chi connectivity index (χ3v) is 2.36. The van der Waals surface area contributed by atoms with E-state index in [9.17, 15) is 4.79 Å². The number of carbonyl (C=O) groups excluding carboxylic acids is 1. The van der Waals surface area contributed by atoms with E-state index in [1.807, 2.05) is 0 Å². The van der Waals surface area contributed by atoms with Crippen molar-refractivity contribution in [3.63, 3.8) is 0 Å². The quantitative estimate of drug-likeness (QED) is 0.710. The summed E-state index contributed by atoms with van der Waals surface area (Å²) in [6.07, 6.45) is 2.08. The van der Waals surface area contributed by atoms with Crippen LogP contribution < -0.4 is 10.6 Å². The van der Waals surface area contributed by atoms with E-state index in [4.69, 9.17) is 4.52 Å². The Morgan fingerprint density at radius 2 is 2.53 bits per heavy atom. The number of hydrogen-bond acceptors (Lipinski definition) is 5. The minimum atomic E-state index is -0.263. The Morgan fingerprint density at radius 3 is 3.13 bits per heavy atom. The first kappa shape index (κ1) is 10.1. The highest BCUT2D eigenvalue weighted by Gasteiger charge is 2.19. The Kier molecular flexibility index (Phi) is 2.96. The second-order valence-corrected chi connectivity index (χ2v) is 3.65. The summed E-state index contributed by atoms with van der Waals surface area (Å²) in [4.78, 5) is 15.5. The zero-order valence-electron chi connectivity index (χ0n) is 8.62. The molecule has 6 nitrogen and oxygen atoms in total. The molecule has 1 aromatic heterocycles. The van der Waals surface area contributed by atoms with Gasteiger partial charge in [-0.05, 0) is 19.4 Å². The molecule has 0 aliphatic carbocycles. The van der Waals surface area contributed by atoms with Crippen LogP contribution in [0.2, 0.25) is 0 Å². The lowest BCUT2D eigenvalue weighted by Gasteiger charge is -2.22. The van der Waals surface area contributed by atoms with Crippen molar-refractivity contribution in [1.82, 2.24) is 20.8 Å². The molecule has 1 atom stereocenters. The predicted molar refractivity (Wildman–Crippen MR) is 52.4 cm³/mol. The van der Waals surface area contributed by atoms with E-state index >= 15 is 0 Å². The third kappa shape index (κ3) is 2.53. The number of hydrogen-bond donors (Lipinski definition) is 2. The van der Waals surface area contributed by atoms with Gasteiger partial charge in [-0.15, -0.1) is 0 Å². The molecule has 6 heteroatoms. The smallest absolute Gasteiger partial charge is 0.292 e. The maximum atomic E-state index is 11.6. The summed E-state index contributed by atoms with van der Waals surface area (Å²) in [5, 5.41) is 9.64. The number of rotatable bonds is 2. The van der Waals surface area contributed by atoms with Crippen LogP contribution in [0.4, 0.5) is 0 Å². The molecule has 1 amide bonds. The summed E-state index contributed by atoms with van der Waals surface area (Å²) < 4.78 is 4.74. The standard InChI is InChI=1S/C9H14N4O2/c1-6-11-8(13-15-6)9(14)12-7-3-2-4-10-5-7/h7,10H,2-5H2,1H3,(H,12,14). The molecule has 1 unspecified atom stereocenters. The van der Waals surface area contributed by atoms with Gasteiger partial charge in [-0.1, -0.05) is 5.16 Å². The number of nitrogens with one attached hydrogen (secondary N) is 2. The number of amides is 1. The first-order valence-corrected chi connectivity index (χ1v) is 5.07. The summed E-state index contributed by atoms with van der Waals surface area (Å²) in [7, 11) is 0. The molecule has 0 saturated carbocycles. The van der Waals surface area contributed by atoms with Crippen LogP contribution in [0.15, 0.2) is 4.52 Å². The summed E-state index contributed by atoms with van der Waals surface area (Å²) in [5.74, 6) is 0.251. The Morgan fingerprint density at radius 1 is 1.67 bits per heavy atom. The van der Waals surface area contributed by atoms with Crippen molar-refractivity contribution in [2.45, 2.75) is 25.8 Å². The molecule has 1 saturated heterocycles. The predicted octanol–water partition coefficient (Wildman–Crippen LogP) is -0.140. The highest BCUT2D eigenvalue weighted by molar-refractivity contribution is 5.90. The van der Waals surface area contributed by atoms with Crippen molar-refractivity contribution in [2.24, 2.45) is 0 Å². The van der Waals surface area contributed by atoms with Crippen molar-refractivity contribution >= 4 is 5.91 Å². The topological polar surface area (TPSA) is 80.0 Å². The molecule has 82 valence electrons. The van der Waals surface area contributed by atoms with E-state index in [-0.39, 0.29) is 17.8 Å². The van der Waals surface area contributed by atoms with E-state index < -0.39 is 0 Å². The maximum Gasteiger partial charge on any atom is 0.292 e. The van der Waals surface area contributed by atoms with E-state index in [0.717, 1.165) is 25.9 Å². The van der Waals surface area contributed by atoms with Gasteiger partial charge in [0.1, 0.15) is 0 Å². The van der Waals surface area contributed by atoms with Crippen molar-refractivity contribution in [3.05, 3.63) is 11.7 Å². The molecule has 0 spiro atoms. The molecular formula is C9H14N4O2. The summed E-state index contributed by atoms with van der Waals surface area (Å²) in [6, 6.07) is 0.171. The number of aromatic nitrogens is 2. The molecule has 2 rings (SSSR count). The molecule has 0 radical (unpaired) electrons. The van der Waals surface area contributed by atoms with Gasteiger partial charge in [-0.25, -0.2) is 0 Å². The van der Waals surface area contributed by atoms with Gasteiger partial charge in [0.15, 0.2) is 0 Å².